The summed E-state index contributed by atoms with van der Waals surface area (Å²) >= 11 is 0. The molecule has 0 radical (unpaired) electrons. The third-order valence-electron chi connectivity index (χ3n) is 2.11. The Labute approximate surface area is 103 Å². The van der Waals surface area contributed by atoms with Crippen LogP contribution >= 0.6 is 24.8 Å². The molecule has 6 heteroatoms. The second-order valence-electron chi connectivity index (χ2n) is 3.24. The third-order valence-corrected chi connectivity index (χ3v) is 2.11. The summed E-state index contributed by atoms with van der Waals surface area (Å²) in [6, 6.07) is 0.419. The number of nitrogens with zero attached hydrogens (tertiary/aromatic N) is 2. The van der Waals surface area contributed by atoms with Crippen molar-refractivity contribution in [1.29, 1.82) is 0 Å². The first-order valence-corrected chi connectivity index (χ1v) is 4.76. The molecular weight excluding hydrogens is 235 g/mol. The Morgan fingerprint density at radius 3 is 2.47 bits per heavy atom. The number of rotatable bonds is 4. The van der Waals surface area contributed by atoms with Gasteiger partial charge in [-0.05, 0) is 20.3 Å². The van der Waals surface area contributed by atoms with Crippen LogP contribution in [0.1, 0.15) is 27.2 Å². The van der Waals surface area contributed by atoms with Crippen molar-refractivity contribution in [3.8, 4) is 0 Å². The number of aryl methyl sites for hydroxylation is 1. The van der Waals surface area contributed by atoms with Crippen LogP contribution in [0.5, 0.6) is 0 Å². The van der Waals surface area contributed by atoms with E-state index in [2.05, 4.69) is 24.3 Å². The van der Waals surface area contributed by atoms with Crippen LogP contribution < -0.4 is 11.1 Å². The van der Waals surface area contributed by atoms with Crippen molar-refractivity contribution in [3.05, 3.63) is 6.20 Å². The maximum Gasteiger partial charge on any atom is 0.171 e. The van der Waals surface area contributed by atoms with Gasteiger partial charge in [0.25, 0.3) is 0 Å². The molecule has 15 heavy (non-hydrogen) atoms. The van der Waals surface area contributed by atoms with Crippen LogP contribution in [0.15, 0.2) is 6.20 Å². The summed E-state index contributed by atoms with van der Waals surface area (Å²) in [7, 11) is 0. The molecule has 1 heterocycles. The lowest BCUT2D eigenvalue weighted by atomic mass is 10.2. The van der Waals surface area contributed by atoms with Crippen LogP contribution in [-0.4, -0.2) is 15.8 Å². The van der Waals surface area contributed by atoms with Gasteiger partial charge in [0.1, 0.15) is 0 Å². The first kappa shape index (κ1) is 16.8. The lowest BCUT2D eigenvalue weighted by Gasteiger charge is -2.10. The molecule has 90 valence electrons. The zero-order valence-electron chi connectivity index (χ0n) is 9.36. The predicted molar refractivity (Wildman–Crippen MR) is 70.2 cm³/mol. The molecule has 4 nitrogen and oxygen atoms in total. The number of aromatic nitrogens is 2. The zero-order valence-corrected chi connectivity index (χ0v) is 11.0. The van der Waals surface area contributed by atoms with E-state index in [9.17, 15) is 0 Å². The lowest BCUT2D eigenvalue weighted by Crippen LogP contribution is -2.14. The molecule has 0 saturated heterocycles. The maximum atomic E-state index is 5.77. The minimum Gasteiger partial charge on any atom is -0.394 e. The fourth-order valence-electron chi connectivity index (χ4n) is 1.05. The number of nitrogens with two attached hydrogens (primary N) is 1. The molecule has 3 N–H and O–H groups in total. The highest BCUT2D eigenvalue weighted by Gasteiger charge is 2.06. The van der Waals surface area contributed by atoms with Crippen molar-refractivity contribution < 1.29 is 0 Å². The second kappa shape index (κ2) is 7.65. The Morgan fingerprint density at radius 2 is 2.07 bits per heavy atom. The Kier molecular flexibility index (Phi) is 8.57. The van der Waals surface area contributed by atoms with E-state index in [1.54, 1.807) is 0 Å². The van der Waals surface area contributed by atoms with Crippen LogP contribution in [0.3, 0.4) is 0 Å². The van der Waals surface area contributed by atoms with Gasteiger partial charge < -0.3 is 11.1 Å². The van der Waals surface area contributed by atoms with Crippen LogP contribution in [0.2, 0.25) is 0 Å². The van der Waals surface area contributed by atoms with Crippen molar-refractivity contribution in [2.75, 3.05) is 11.1 Å². The molecule has 1 aromatic heterocycles. The van der Waals surface area contributed by atoms with E-state index in [1.165, 1.54) is 0 Å². The average molecular weight is 255 g/mol. The van der Waals surface area contributed by atoms with Crippen molar-refractivity contribution in [1.82, 2.24) is 9.78 Å². The highest BCUT2D eigenvalue weighted by Crippen LogP contribution is 2.16. The van der Waals surface area contributed by atoms with Gasteiger partial charge in [-0.25, -0.2) is 0 Å². The van der Waals surface area contributed by atoms with Crippen LogP contribution in [-0.2, 0) is 6.54 Å². The first-order chi connectivity index (χ1) is 6.17. The topological polar surface area (TPSA) is 55.9 Å². The van der Waals surface area contributed by atoms with Gasteiger partial charge in [-0.15, -0.1) is 24.8 Å². The largest absolute Gasteiger partial charge is 0.394 e. The Balaban J connectivity index is 0. The van der Waals surface area contributed by atoms with Crippen molar-refractivity contribution in [2.45, 2.75) is 39.8 Å². The predicted octanol–water partition coefficient (Wildman–Crippen LogP) is 2.54. The SMILES string of the molecule is CCC(C)Nc1nn(CC)cc1N.Cl.Cl. The van der Waals surface area contributed by atoms with Gasteiger partial charge >= 0.3 is 0 Å². The highest BCUT2D eigenvalue weighted by atomic mass is 35.5. The molecule has 1 atom stereocenters. The average Bonchev–Trinajstić information content (AvgIpc) is 2.47. The van der Waals surface area contributed by atoms with Crippen LogP contribution in [0.4, 0.5) is 11.5 Å². The molecule has 0 fully saturated rings. The third kappa shape index (κ3) is 4.62. The molecular formula is C9H20Cl2N4. The summed E-state index contributed by atoms with van der Waals surface area (Å²) in [6.45, 7) is 7.14. The van der Waals surface area contributed by atoms with Gasteiger partial charge in [-0.3, -0.25) is 4.68 Å². The van der Waals surface area contributed by atoms with E-state index < -0.39 is 0 Å². The van der Waals surface area contributed by atoms with Crippen LogP contribution in [0, 0.1) is 0 Å². The van der Waals surface area contributed by atoms with E-state index in [-0.39, 0.29) is 24.8 Å². The number of anilines is 2. The smallest absolute Gasteiger partial charge is 0.171 e. The van der Waals surface area contributed by atoms with Gasteiger partial charge in [-0.1, -0.05) is 6.92 Å². The Hall–Kier alpha value is -0.610. The van der Waals surface area contributed by atoms with E-state index in [0.717, 1.165) is 24.5 Å². The van der Waals surface area contributed by atoms with E-state index >= 15 is 0 Å². The number of halogens is 2. The van der Waals surface area contributed by atoms with E-state index in [4.69, 9.17) is 5.73 Å². The minimum atomic E-state index is 0. The molecule has 0 aromatic carbocycles. The van der Waals surface area contributed by atoms with Crippen molar-refractivity contribution in [2.24, 2.45) is 0 Å². The number of hydrogen-bond donors (Lipinski definition) is 2. The maximum absolute atomic E-state index is 5.77. The fourth-order valence-corrected chi connectivity index (χ4v) is 1.05. The van der Waals surface area contributed by atoms with Crippen molar-refractivity contribution in [3.63, 3.8) is 0 Å². The number of nitrogens with one attached hydrogen (secondary N) is 1. The zero-order chi connectivity index (χ0) is 9.84. The Morgan fingerprint density at radius 1 is 1.47 bits per heavy atom. The summed E-state index contributed by atoms with van der Waals surface area (Å²) in [5, 5.41) is 7.55. The second-order valence-corrected chi connectivity index (χ2v) is 3.24. The minimum absolute atomic E-state index is 0. The van der Waals surface area contributed by atoms with Crippen molar-refractivity contribution >= 4 is 36.3 Å². The monoisotopic (exact) mass is 254 g/mol. The quantitative estimate of drug-likeness (QED) is 0.869. The summed E-state index contributed by atoms with van der Waals surface area (Å²) in [5.74, 6) is 0.802. The van der Waals surface area contributed by atoms with Gasteiger partial charge in [0.2, 0.25) is 0 Å². The van der Waals surface area contributed by atoms with Gasteiger partial charge in [-0.2, -0.15) is 5.10 Å². The molecule has 0 aliphatic carbocycles. The lowest BCUT2D eigenvalue weighted by molar-refractivity contribution is 0.656. The van der Waals surface area contributed by atoms with E-state index in [0.29, 0.717) is 6.04 Å². The molecule has 0 aliphatic rings. The van der Waals surface area contributed by atoms with Gasteiger partial charge in [0, 0.05) is 12.6 Å². The number of hydrogen-bond acceptors (Lipinski definition) is 3. The fraction of sp³-hybridized carbons (Fsp3) is 0.667. The summed E-state index contributed by atoms with van der Waals surface area (Å²) in [4.78, 5) is 0. The summed E-state index contributed by atoms with van der Waals surface area (Å²) in [5.41, 5.74) is 6.50. The normalized spacial score (nSPS) is 11.1. The van der Waals surface area contributed by atoms with Gasteiger partial charge in [0.15, 0.2) is 5.82 Å². The summed E-state index contributed by atoms with van der Waals surface area (Å²) in [6.07, 6.45) is 2.92. The van der Waals surface area contributed by atoms with E-state index in [1.807, 2.05) is 17.8 Å². The molecule has 0 saturated carbocycles. The van der Waals surface area contributed by atoms with Crippen LogP contribution in [0.25, 0.3) is 0 Å². The molecule has 1 rings (SSSR count). The molecule has 0 amide bonds. The Bertz CT molecular complexity index is 275. The molecule has 0 spiro atoms. The van der Waals surface area contributed by atoms with Gasteiger partial charge in [0.05, 0.1) is 11.9 Å². The number of nitrogen functional groups attached to an aromatic ring is 1. The molecule has 1 unspecified atom stereocenters. The highest BCUT2D eigenvalue weighted by molar-refractivity contribution is 5.85. The first-order valence-electron chi connectivity index (χ1n) is 4.76. The summed E-state index contributed by atoms with van der Waals surface area (Å²) < 4.78 is 1.83. The molecule has 0 aliphatic heterocycles. The molecule has 1 aromatic rings. The standard InChI is InChI=1S/C9H18N4.2ClH/c1-4-7(3)11-9-8(10)6-13(5-2)12-9;;/h6-7H,4-5,10H2,1-3H3,(H,11,12);2*1H. The molecule has 0 bridgehead atoms.